The van der Waals surface area contributed by atoms with Crippen molar-refractivity contribution in [3.63, 3.8) is 0 Å². The molecule has 11 nitrogen and oxygen atoms in total. The zero-order chi connectivity index (χ0) is 22.6. The molecule has 0 bridgehead atoms. The highest BCUT2D eigenvalue weighted by Gasteiger charge is 2.30. The standard InChI is InChI=1S/C17H30N4O7S/c1-9(2)14(21-15(26)10(18)4-5-12(22)23)17(28)20-11(6-7-29-3)16(27)19-8-13(24)25/h9-11,14H,4-8,18H2,1-3H3,(H,19,27)(H,20,28)(H,21,26)(H,22,23)(H,24,25). The van der Waals surface area contributed by atoms with Gasteiger partial charge in [-0.1, -0.05) is 13.8 Å². The number of amides is 3. The Labute approximate surface area is 173 Å². The molecule has 0 radical (unpaired) electrons. The van der Waals surface area contributed by atoms with Gasteiger partial charge in [0.2, 0.25) is 17.7 Å². The fourth-order valence-corrected chi connectivity index (χ4v) is 2.73. The van der Waals surface area contributed by atoms with Crippen molar-refractivity contribution in [1.29, 1.82) is 0 Å². The van der Waals surface area contributed by atoms with Crippen LogP contribution in [-0.4, -0.2) is 76.6 Å². The summed E-state index contributed by atoms with van der Waals surface area (Å²) in [4.78, 5) is 58.3. The zero-order valence-corrected chi connectivity index (χ0v) is 17.6. The molecule has 0 aromatic heterocycles. The first-order valence-corrected chi connectivity index (χ1v) is 10.5. The summed E-state index contributed by atoms with van der Waals surface area (Å²) in [6, 6.07) is -3.05. The second-order valence-corrected chi connectivity index (χ2v) is 7.71. The van der Waals surface area contributed by atoms with Gasteiger partial charge in [-0.15, -0.1) is 0 Å². The van der Waals surface area contributed by atoms with Gasteiger partial charge in [-0.25, -0.2) is 0 Å². The Morgan fingerprint density at radius 2 is 1.55 bits per heavy atom. The van der Waals surface area contributed by atoms with Crippen LogP contribution in [0.4, 0.5) is 0 Å². The van der Waals surface area contributed by atoms with E-state index in [0.717, 1.165) is 0 Å². The van der Waals surface area contributed by atoms with Crippen molar-refractivity contribution in [3.8, 4) is 0 Å². The highest BCUT2D eigenvalue weighted by molar-refractivity contribution is 7.98. The van der Waals surface area contributed by atoms with Gasteiger partial charge in [-0.05, 0) is 30.8 Å². The lowest BCUT2D eigenvalue weighted by Gasteiger charge is -2.26. The predicted molar refractivity (Wildman–Crippen MR) is 107 cm³/mol. The minimum Gasteiger partial charge on any atom is -0.481 e. The number of hydrogen-bond acceptors (Lipinski definition) is 7. The summed E-state index contributed by atoms with van der Waals surface area (Å²) < 4.78 is 0. The van der Waals surface area contributed by atoms with E-state index < -0.39 is 54.3 Å². The number of nitrogens with one attached hydrogen (secondary N) is 3. The van der Waals surface area contributed by atoms with Crippen molar-refractivity contribution < 1.29 is 34.2 Å². The minimum absolute atomic E-state index is 0.0818. The van der Waals surface area contributed by atoms with E-state index in [1.165, 1.54) is 11.8 Å². The molecule has 29 heavy (non-hydrogen) atoms. The molecule has 0 aliphatic carbocycles. The van der Waals surface area contributed by atoms with E-state index in [4.69, 9.17) is 15.9 Å². The van der Waals surface area contributed by atoms with E-state index in [0.29, 0.717) is 5.75 Å². The fraction of sp³-hybridized carbons (Fsp3) is 0.706. The van der Waals surface area contributed by atoms with E-state index in [9.17, 15) is 24.0 Å². The first-order chi connectivity index (χ1) is 13.5. The lowest BCUT2D eigenvalue weighted by Crippen LogP contribution is -2.57. The van der Waals surface area contributed by atoms with Crippen LogP contribution in [0.1, 0.15) is 33.1 Å². The Morgan fingerprint density at radius 1 is 0.931 bits per heavy atom. The molecule has 0 heterocycles. The molecule has 0 rings (SSSR count). The third-order valence-corrected chi connectivity index (χ3v) is 4.55. The summed E-state index contributed by atoms with van der Waals surface area (Å²) in [5, 5.41) is 24.6. The molecule has 0 fully saturated rings. The maximum absolute atomic E-state index is 12.7. The van der Waals surface area contributed by atoms with E-state index in [2.05, 4.69) is 16.0 Å². The van der Waals surface area contributed by atoms with Gasteiger partial charge in [0.1, 0.15) is 18.6 Å². The van der Waals surface area contributed by atoms with Crippen molar-refractivity contribution in [3.05, 3.63) is 0 Å². The van der Waals surface area contributed by atoms with Crippen molar-refractivity contribution in [2.24, 2.45) is 11.7 Å². The summed E-state index contributed by atoms with van der Waals surface area (Å²) in [5.41, 5.74) is 5.67. The first kappa shape index (κ1) is 26.7. The molecule has 3 atom stereocenters. The normalized spacial score (nSPS) is 13.8. The molecule has 3 unspecified atom stereocenters. The summed E-state index contributed by atoms with van der Waals surface area (Å²) >= 11 is 1.45. The number of nitrogens with two attached hydrogens (primary N) is 1. The van der Waals surface area contributed by atoms with Gasteiger partial charge in [0.15, 0.2) is 0 Å². The van der Waals surface area contributed by atoms with Crippen LogP contribution in [0.2, 0.25) is 0 Å². The van der Waals surface area contributed by atoms with E-state index in [1.807, 2.05) is 6.26 Å². The molecular formula is C17H30N4O7S. The topological polar surface area (TPSA) is 188 Å². The first-order valence-electron chi connectivity index (χ1n) is 9.06. The van der Waals surface area contributed by atoms with Crippen LogP contribution >= 0.6 is 11.8 Å². The Hall–Kier alpha value is -2.34. The lowest BCUT2D eigenvalue weighted by atomic mass is 10.0. The number of aliphatic carboxylic acids is 2. The zero-order valence-electron chi connectivity index (χ0n) is 16.8. The number of rotatable bonds is 14. The quantitative estimate of drug-likeness (QED) is 0.194. The Bertz CT molecular complexity index is 600. The van der Waals surface area contributed by atoms with Crippen molar-refractivity contribution in [2.75, 3.05) is 18.6 Å². The van der Waals surface area contributed by atoms with E-state index >= 15 is 0 Å². The average Bonchev–Trinajstić information content (AvgIpc) is 2.64. The third-order valence-electron chi connectivity index (χ3n) is 3.91. The van der Waals surface area contributed by atoms with Crippen LogP contribution < -0.4 is 21.7 Å². The third kappa shape index (κ3) is 11.3. The Balaban J connectivity index is 5.08. The van der Waals surface area contributed by atoms with Gasteiger partial charge in [0.05, 0.1) is 6.04 Å². The predicted octanol–water partition coefficient (Wildman–Crippen LogP) is -1.24. The molecule has 7 N–H and O–H groups in total. The number of carboxylic acid groups (broad SMARTS) is 2. The molecular weight excluding hydrogens is 404 g/mol. The maximum Gasteiger partial charge on any atom is 0.322 e. The molecule has 0 aliphatic rings. The summed E-state index contributed by atoms with van der Waals surface area (Å²) in [7, 11) is 0. The largest absolute Gasteiger partial charge is 0.481 e. The highest BCUT2D eigenvalue weighted by atomic mass is 32.2. The van der Waals surface area contributed by atoms with Gasteiger partial charge in [-0.2, -0.15) is 11.8 Å². The minimum atomic E-state index is -1.21. The van der Waals surface area contributed by atoms with Gasteiger partial charge in [0, 0.05) is 6.42 Å². The molecule has 0 aromatic rings. The molecule has 3 amide bonds. The van der Waals surface area contributed by atoms with Gasteiger partial charge >= 0.3 is 11.9 Å². The Kier molecular flexibility index (Phi) is 12.7. The number of carboxylic acids is 2. The monoisotopic (exact) mass is 434 g/mol. The summed E-state index contributed by atoms with van der Waals surface area (Å²) in [6.45, 7) is 2.80. The van der Waals surface area contributed by atoms with E-state index in [1.54, 1.807) is 13.8 Å². The number of carbonyl (C=O) groups excluding carboxylic acids is 3. The number of thioether (sulfide) groups is 1. The smallest absolute Gasteiger partial charge is 0.322 e. The molecule has 0 spiro atoms. The summed E-state index contributed by atoms with van der Waals surface area (Å²) in [5.74, 6) is -4.02. The van der Waals surface area contributed by atoms with Crippen molar-refractivity contribution >= 4 is 41.4 Å². The van der Waals surface area contributed by atoms with Crippen molar-refractivity contribution in [1.82, 2.24) is 16.0 Å². The van der Waals surface area contributed by atoms with Crippen LogP contribution in [0.5, 0.6) is 0 Å². The van der Waals surface area contributed by atoms with Crippen molar-refractivity contribution in [2.45, 2.75) is 51.2 Å². The van der Waals surface area contributed by atoms with Crippen LogP contribution in [0, 0.1) is 5.92 Å². The second kappa shape index (κ2) is 13.8. The molecule has 0 aliphatic heterocycles. The number of carbonyl (C=O) groups is 5. The molecule has 0 saturated heterocycles. The summed E-state index contributed by atoms with van der Waals surface area (Å²) in [6.07, 6.45) is 1.73. The van der Waals surface area contributed by atoms with Crippen LogP contribution in [0.15, 0.2) is 0 Å². The molecule has 0 saturated carbocycles. The van der Waals surface area contributed by atoms with Crippen LogP contribution in [0.3, 0.4) is 0 Å². The maximum atomic E-state index is 12.7. The average molecular weight is 435 g/mol. The Morgan fingerprint density at radius 3 is 2.03 bits per heavy atom. The van der Waals surface area contributed by atoms with E-state index in [-0.39, 0.29) is 25.2 Å². The van der Waals surface area contributed by atoms with Gasteiger partial charge in [-0.3, -0.25) is 24.0 Å². The van der Waals surface area contributed by atoms with Crippen LogP contribution in [0.25, 0.3) is 0 Å². The van der Waals surface area contributed by atoms with Crippen LogP contribution in [-0.2, 0) is 24.0 Å². The molecule has 12 heteroatoms. The molecule has 166 valence electrons. The number of hydrogen-bond donors (Lipinski definition) is 6. The SMILES string of the molecule is CSCCC(NC(=O)C(NC(=O)C(N)CCC(=O)O)C(C)C)C(=O)NCC(=O)O. The lowest BCUT2D eigenvalue weighted by molar-refractivity contribution is -0.139. The fourth-order valence-electron chi connectivity index (χ4n) is 2.26. The van der Waals surface area contributed by atoms with Gasteiger partial charge < -0.3 is 31.9 Å². The second-order valence-electron chi connectivity index (χ2n) is 6.72. The van der Waals surface area contributed by atoms with Gasteiger partial charge in [0.25, 0.3) is 0 Å². The molecule has 0 aromatic carbocycles. The highest BCUT2D eigenvalue weighted by Crippen LogP contribution is 2.07.